The van der Waals surface area contributed by atoms with Gasteiger partial charge in [0.05, 0.1) is 5.56 Å². The number of hydrogen-bond acceptors (Lipinski definition) is 3. The molecule has 0 N–H and O–H groups in total. The number of likely N-dealkylation sites (tertiary alicyclic amines) is 1. The largest absolute Gasteiger partial charge is 0.338 e. The second-order valence-electron chi connectivity index (χ2n) is 6.35. The van der Waals surface area contributed by atoms with Crippen molar-refractivity contribution >= 4 is 23.5 Å². The molecule has 1 fully saturated rings. The third-order valence-corrected chi connectivity index (χ3v) is 6.00. The summed E-state index contributed by atoms with van der Waals surface area (Å²) in [6, 6.07) is 15.9. The van der Waals surface area contributed by atoms with Crippen LogP contribution in [-0.4, -0.2) is 35.4 Å². The zero-order chi connectivity index (χ0) is 16.5. The number of fused-ring (bicyclic) bond motifs is 1. The first kappa shape index (κ1) is 15.5. The number of carbonyl (C=O) groups is 2. The van der Waals surface area contributed by atoms with Crippen LogP contribution in [0.1, 0.15) is 45.0 Å². The van der Waals surface area contributed by atoms with Crippen LogP contribution in [0.2, 0.25) is 0 Å². The molecule has 2 heterocycles. The molecule has 122 valence electrons. The summed E-state index contributed by atoms with van der Waals surface area (Å²) >= 11 is 1.64. The molecule has 0 saturated carbocycles. The molecule has 0 aromatic heterocycles. The predicted molar refractivity (Wildman–Crippen MR) is 95.8 cm³/mol. The zero-order valence-electron chi connectivity index (χ0n) is 13.4. The summed E-state index contributed by atoms with van der Waals surface area (Å²) in [5, 5.41) is 0. The van der Waals surface area contributed by atoms with E-state index in [-0.39, 0.29) is 11.7 Å². The van der Waals surface area contributed by atoms with Crippen molar-refractivity contribution in [3.8, 4) is 0 Å². The van der Waals surface area contributed by atoms with Gasteiger partial charge in [-0.05, 0) is 18.1 Å². The van der Waals surface area contributed by atoms with Gasteiger partial charge in [-0.1, -0.05) is 42.5 Å². The Labute approximate surface area is 146 Å². The Morgan fingerprint density at radius 2 is 1.92 bits per heavy atom. The van der Waals surface area contributed by atoms with E-state index < -0.39 is 0 Å². The number of hydrogen-bond donors (Lipinski definition) is 0. The minimum Gasteiger partial charge on any atom is -0.338 e. The highest BCUT2D eigenvalue weighted by Crippen LogP contribution is 2.35. The third kappa shape index (κ3) is 2.75. The molecule has 0 bridgehead atoms. The first-order valence-corrected chi connectivity index (χ1v) is 9.36. The van der Waals surface area contributed by atoms with Crippen LogP contribution in [0.25, 0.3) is 0 Å². The zero-order valence-corrected chi connectivity index (χ0v) is 14.2. The lowest BCUT2D eigenvalue weighted by Crippen LogP contribution is -2.29. The van der Waals surface area contributed by atoms with E-state index in [4.69, 9.17) is 0 Å². The number of ketones is 1. The van der Waals surface area contributed by atoms with Crippen LogP contribution in [-0.2, 0) is 0 Å². The highest BCUT2D eigenvalue weighted by Gasteiger charge is 2.30. The topological polar surface area (TPSA) is 37.4 Å². The molecule has 2 aliphatic rings. The van der Waals surface area contributed by atoms with Crippen molar-refractivity contribution in [2.24, 2.45) is 0 Å². The fourth-order valence-electron chi connectivity index (χ4n) is 3.57. The number of Topliss-reactive ketones (excluding diaryl/α,β-unsaturated/α-hetero) is 1. The second kappa shape index (κ2) is 6.44. The van der Waals surface area contributed by atoms with Crippen LogP contribution in [0.3, 0.4) is 0 Å². The van der Waals surface area contributed by atoms with E-state index in [9.17, 15) is 9.59 Å². The fraction of sp³-hybridized carbons (Fsp3) is 0.300. The van der Waals surface area contributed by atoms with Gasteiger partial charge in [0.15, 0.2) is 5.78 Å². The lowest BCUT2D eigenvalue weighted by atomic mass is 9.99. The molecule has 0 spiro atoms. The smallest absolute Gasteiger partial charge is 0.255 e. The van der Waals surface area contributed by atoms with Gasteiger partial charge in [0.1, 0.15) is 0 Å². The van der Waals surface area contributed by atoms with Crippen LogP contribution in [0.15, 0.2) is 53.4 Å². The van der Waals surface area contributed by atoms with Gasteiger partial charge < -0.3 is 4.90 Å². The molecule has 1 amide bonds. The van der Waals surface area contributed by atoms with Crippen molar-refractivity contribution in [1.29, 1.82) is 0 Å². The van der Waals surface area contributed by atoms with Gasteiger partial charge in [-0.25, -0.2) is 0 Å². The van der Waals surface area contributed by atoms with Gasteiger partial charge in [0.25, 0.3) is 5.91 Å². The Balaban J connectivity index is 1.57. The van der Waals surface area contributed by atoms with Crippen molar-refractivity contribution in [3.05, 3.63) is 65.2 Å². The molecule has 2 aromatic rings. The van der Waals surface area contributed by atoms with Crippen molar-refractivity contribution in [1.82, 2.24) is 4.90 Å². The van der Waals surface area contributed by atoms with E-state index in [1.165, 1.54) is 5.56 Å². The van der Waals surface area contributed by atoms with Gasteiger partial charge >= 0.3 is 0 Å². The molecule has 0 radical (unpaired) electrons. The molecular weight excluding hydrogens is 318 g/mol. The minimum atomic E-state index is 0.0625. The summed E-state index contributed by atoms with van der Waals surface area (Å²) in [6.07, 6.45) is 1.56. The molecule has 0 aliphatic carbocycles. The van der Waals surface area contributed by atoms with Crippen molar-refractivity contribution < 1.29 is 9.59 Å². The van der Waals surface area contributed by atoms with Gasteiger partial charge in [0.2, 0.25) is 0 Å². The van der Waals surface area contributed by atoms with Gasteiger partial charge in [-0.3, -0.25) is 9.59 Å². The van der Waals surface area contributed by atoms with Gasteiger partial charge in [-0.15, -0.1) is 11.8 Å². The Morgan fingerprint density at radius 1 is 1.08 bits per heavy atom. The number of thioether (sulfide) groups is 1. The normalized spacial score (nSPS) is 20.1. The fourth-order valence-corrected chi connectivity index (χ4v) is 4.71. The van der Waals surface area contributed by atoms with Crippen LogP contribution in [0.5, 0.6) is 0 Å². The molecule has 0 unspecified atom stereocenters. The maximum atomic E-state index is 13.0. The second-order valence-corrected chi connectivity index (χ2v) is 7.46. The number of rotatable bonds is 2. The van der Waals surface area contributed by atoms with Crippen LogP contribution in [0.4, 0.5) is 0 Å². The molecule has 2 aromatic carbocycles. The predicted octanol–water partition coefficient (Wildman–Crippen LogP) is 3.99. The number of carbonyl (C=O) groups excluding carboxylic acids is 2. The maximum Gasteiger partial charge on any atom is 0.255 e. The first-order valence-electron chi connectivity index (χ1n) is 8.37. The summed E-state index contributed by atoms with van der Waals surface area (Å²) in [5.41, 5.74) is 2.71. The quantitative estimate of drug-likeness (QED) is 0.831. The Morgan fingerprint density at radius 3 is 2.75 bits per heavy atom. The summed E-state index contributed by atoms with van der Waals surface area (Å²) in [4.78, 5) is 27.9. The maximum absolute atomic E-state index is 13.0. The van der Waals surface area contributed by atoms with Gasteiger partial charge in [0, 0.05) is 41.6 Å². The Kier molecular flexibility index (Phi) is 4.15. The van der Waals surface area contributed by atoms with Crippen molar-refractivity contribution in [2.75, 3.05) is 18.8 Å². The molecule has 4 rings (SSSR count). The average Bonchev–Trinajstić information content (AvgIpc) is 3.12. The molecule has 1 saturated heterocycles. The molecule has 4 heteroatoms. The molecule has 2 aliphatic heterocycles. The van der Waals surface area contributed by atoms with Crippen molar-refractivity contribution in [3.63, 3.8) is 0 Å². The summed E-state index contributed by atoms with van der Waals surface area (Å²) < 4.78 is 0. The standard InChI is InChI=1S/C20H19NO2S/c22-18-10-12-24-19-16(18)7-4-8-17(19)20(23)21-11-9-15(13-21)14-5-2-1-3-6-14/h1-8,15H,9-13H2/t15-/m0/s1. The monoisotopic (exact) mass is 337 g/mol. The number of nitrogens with zero attached hydrogens (tertiary/aromatic N) is 1. The highest BCUT2D eigenvalue weighted by atomic mass is 32.2. The highest BCUT2D eigenvalue weighted by molar-refractivity contribution is 7.99. The van der Waals surface area contributed by atoms with Crippen LogP contribution in [0, 0.1) is 0 Å². The van der Waals surface area contributed by atoms with Gasteiger partial charge in [-0.2, -0.15) is 0 Å². The molecular formula is C20H19NO2S. The van der Waals surface area contributed by atoms with Crippen LogP contribution < -0.4 is 0 Å². The van der Waals surface area contributed by atoms with E-state index >= 15 is 0 Å². The summed E-state index contributed by atoms with van der Waals surface area (Å²) in [5.74, 6) is 1.39. The lowest BCUT2D eigenvalue weighted by Gasteiger charge is -2.21. The Hall–Kier alpha value is -2.07. The number of benzene rings is 2. The first-order chi connectivity index (χ1) is 11.7. The third-order valence-electron chi connectivity index (χ3n) is 4.87. The van der Waals surface area contributed by atoms with E-state index in [0.717, 1.165) is 35.7 Å². The minimum absolute atomic E-state index is 0.0625. The van der Waals surface area contributed by atoms with E-state index in [0.29, 0.717) is 17.9 Å². The average molecular weight is 337 g/mol. The Bertz CT molecular complexity index is 787. The number of amides is 1. The van der Waals surface area contributed by atoms with E-state index in [1.807, 2.05) is 29.2 Å². The van der Waals surface area contributed by atoms with Crippen molar-refractivity contribution in [2.45, 2.75) is 23.7 Å². The molecule has 3 nitrogen and oxygen atoms in total. The van der Waals surface area contributed by atoms with E-state index in [2.05, 4.69) is 24.3 Å². The van der Waals surface area contributed by atoms with E-state index in [1.54, 1.807) is 11.8 Å². The SMILES string of the molecule is O=C1CCSc2c1cccc2C(=O)N1CC[C@H](c2ccccc2)C1. The summed E-state index contributed by atoms with van der Waals surface area (Å²) in [6.45, 7) is 1.53. The van der Waals surface area contributed by atoms with Crippen LogP contribution >= 0.6 is 11.8 Å². The molecule has 24 heavy (non-hydrogen) atoms. The summed E-state index contributed by atoms with van der Waals surface area (Å²) in [7, 11) is 0. The lowest BCUT2D eigenvalue weighted by molar-refractivity contribution is 0.0787. The molecule has 1 atom stereocenters.